The predicted octanol–water partition coefficient (Wildman–Crippen LogP) is 1.09. The molecule has 0 saturated carbocycles. The highest BCUT2D eigenvalue weighted by molar-refractivity contribution is 5.94. The van der Waals surface area contributed by atoms with E-state index in [-0.39, 0.29) is 30.0 Å². The first-order valence-corrected chi connectivity index (χ1v) is 4.80. The van der Waals surface area contributed by atoms with E-state index in [1.54, 1.807) is 6.92 Å². The van der Waals surface area contributed by atoms with Crippen molar-refractivity contribution in [2.24, 2.45) is 5.73 Å². The number of hydrogen-bond donors (Lipinski definition) is 2. The number of benzene rings is 1. The maximum absolute atomic E-state index is 11.6. The Morgan fingerprint density at radius 1 is 1.47 bits per heavy atom. The lowest BCUT2D eigenvalue weighted by molar-refractivity contribution is -0.384. The fourth-order valence-corrected chi connectivity index (χ4v) is 1.10. The van der Waals surface area contributed by atoms with Gasteiger partial charge in [-0.2, -0.15) is 0 Å². The molecule has 0 aromatic heterocycles. The van der Waals surface area contributed by atoms with Gasteiger partial charge in [-0.15, -0.1) is 12.4 Å². The number of non-ortho nitro benzene ring substituents is 1. The molecule has 0 aliphatic carbocycles. The third-order valence-electron chi connectivity index (χ3n) is 2.07. The van der Waals surface area contributed by atoms with Gasteiger partial charge in [0.2, 0.25) is 0 Å². The Kier molecular flexibility index (Phi) is 6.16. The normalized spacial score (nSPS) is 11.2. The molecule has 1 rings (SSSR count). The molecular formula is C10H14ClN3O3. The molecule has 17 heavy (non-hydrogen) atoms. The smallest absolute Gasteiger partial charge is 0.269 e. The van der Waals surface area contributed by atoms with Gasteiger partial charge in [-0.25, -0.2) is 0 Å². The van der Waals surface area contributed by atoms with Gasteiger partial charge >= 0.3 is 0 Å². The third kappa shape index (κ3) is 4.38. The Morgan fingerprint density at radius 2 is 2.00 bits per heavy atom. The van der Waals surface area contributed by atoms with Crippen molar-refractivity contribution in [1.29, 1.82) is 0 Å². The largest absolute Gasteiger partial charge is 0.348 e. The van der Waals surface area contributed by atoms with E-state index in [0.29, 0.717) is 12.1 Å². The van der Waals surface area contributed by atoms with Crippen LogP contribution in [0.3, 0.4) is 0 Å². The highest BCUT2D eigenvalue weighted by Crippen LogP contribution is 2.11. The van der Waals surface area contributed by atoms with Crippen LogP contribution in [0.2, 0.25) is 0 Å². The summed E-state index contributed by atoms with van der Waals surface area (Å²) in [7, 11) is 0. The monoisotopic (exact) mass is 259 g/mol. The van der Waals surface area contributed by atoms with Gasteiger partial charge in [0.15, 0.2) is 0 Å². The quantitative estimate of drug-likeness (QED) is 0.625. The molecule has 94 valence electrons. The topological polar surface area (TPSA) is 98.3 Å². The van der Waals surface area contributed by atoms with E-state index in [9.17, 15) is 14.9 Å². The predicted molar refractivity (Wildman–Crippen MR) is 66.3 cm³/mol. The Morgan fingerprint density at radius 3 is 2.41 bits per heavy atom. The summed E-state index contributed by atoms with van der Waals surface area (Å²) in [5.41, 5.74) is 5.70. The highest BCUT2D eigenvalue weighted by Gasteiger charge is 2.10. The lowest BCUT2D eigenvalue weighted by Crippen LogP contribution is -2.37. The molecule has 1 amide bonds. The second-order valence-corrected chi connectivity index (χ2v) is 3.41. The van der Waals surface area contributed by atoms with E-state index in [1.807, 2.05) is 0 Å². The molecule has 1 atom stereocenters. The minimum atomic E-state index is -0.510. The van der Waals surface area contributed by atoms with Crippen molar-refractivity contribution in [1.82, 2.24) is 5.32 Å². The van der Waals surface area contributed by atoms with Crippen LogP contribution in [-0.4, -0.2) is 23.4 Å². The first-order chi connectivity index (χ1) is 7.54. The lowest BCUT2D eigenvalue weighted by Gasteiger charge is -2.10. The molecule has 0 saturated heterocycles. The summed E-state index contributed by atoms with van der Waals surface area (Å²) in [5.74, 6) is -0.284. The number of amides is 1. The Bertz CT molecular complexity index is 394. The van der Waals surface area contributed by atoms with Crippen LogP contribution in [0.4, 0.5) is 5.69 Å². The minimum Gasteiger partial charge on any atom is -0.348 e. The van der Waals surface area contributed by atoms with Crippen molar-refractivity contribution < 1.29 is 9.72 Å². The van der Waals surface area contributed by atoms with Crippen LogP contribution in [0.15, 0.2) is 24.3 Å². The zero-order valence-electron chi connectivity index (χ0n) is 9.25. The molecule has 0 aliphatic rings. The Hall–Kier alpha value is -1.66. The van der Waals surface area contributed by atoms with Crippen molar-refractivity contribution >= 4 is 24.0 Å². The maximum atomic E-state index is 11.6. The van der Waals surface area contributed by atoms with Crippen LogP contribution in [0.5, 0.6) is 0 Å². The van der Waals surface area contributed by atoms with Gasteiger partial charge in [-0.05, 0) is 19.1 Å². The van der Waals surface area contributed by atoms with Gasteiger partial charge in [0.25, 0.3) is 11.6 Å². The molecule has 1 aromatic carbocycles. The Labute approximate surface area is 105 Å². The summed E-state index contributed by atoms with van der Waals surface area (Å²) >= 11 is 0. The molecule has 0 aliphatic heterocycles. The fraction of sp³-hybridized carbons (Fsp3) is 0.300. The first-order valence-electron chi connectivity index (χ1n) is 4.80. The number of nitrogens with zero attached hydrogens (tertiary/aromatic N) is 1. The van der Waals surface area contributed by atoms with Crippen molar-refractivity contribution in [2.75, 3.05) is 6.54 Å². The van der Waals surface area contributed by atoms with Gasteiger partial charge in [0.05, 0.1) is 4.92 Å². The number of carbonyl (C=O) groups is 1. The molecule has 0 heterocycles. The zero-order chi connectivity index (χ0) is 12.1. The molecule has 1 aromatic rings. The van der Waals surface area contributed by atoms with E-state index < -0.39 is 4.92 Å². The summed E-state index contributed by atoms with van der Waals surface area (Å²) in [5, 5.41) is 13.1. The molecule has 0 radical (unpaired) electrons. The number of nitrogens with two attached hydrogens (primary N) is 1. The van der Waals surface area contributed by atoms with Gasteiger partial charge in [0, 0.05) is 30.3 Å². The summed E-state index contributed by atoms with van der Waals surface area (Å²) in [6, 6.07) is 5.29. The van der Waals surface area contributed by atoms with Crippen molar-refractivity contribution in [3.63, 3.8) is 0 Å². The molecular weight excluding hydrogens is 246 g/mol. The number of nitro benzene ring substituents is 1. The van der Waals surface area contributed by atoms with Crippen molar-refractivity contribution in [3.05, 3.63) is 39.9 Å². The van der Waals surface area contributed by atoms with E-state index in [0.717, 1.165) is 0 Å². The molecule has 0 unspecified atom stereocenters. The molecule has 3 N–H and O–H groups in total. The van der Waals surface area contributed by atoms with Crippen LogP contribution in [-0.2, 0) is 0 Å². The average Bonchev–Trinajstić information content (AvgIpc) is 2.28. The standard InChI is InChI=1S/C10H13N3O3.ClH/c1-7(6-11)12-10(14)8-2-4-9(5-3-8)13(15)16;/h2-5,7H,6,11H2,1H3,(H,12,14);1H/t7-;/m1./s1. The number of hydrogen-bond acceptors (Lipinski definition) is 4. The second-order valence-electron chi connectivity index (χ2n) is 3.41. The highest BCUT2D eigenvalue weighted by atomic mass is 35.5. The van der Waals surface area contributed by atoms with Crippen molar-refractivity contribution in [2.45, 2.75) is 13.0 Å². The van der Waals surface area contributed by atoms with E-state index in [1.165, 1.54) is 24.3 Å². The van der Waals surface area contributed by atoms with E-state index >= 15 is 0 Å². The third-order valence-corrected chi connectivity index (χ3v) is 2.07. The van der Waals surface area contributed by atoms with Crippen LogP contribution in [0, 0.1) is 10.1 Å². The molecule has 0 spiro atoms. The minimum absolute atomic E-state index is 0. The molecule has 0 bridgehead atoms. The summed E-state index contributed by atoms with van der Waals surface area (Å²) < 4.78 is 0. The maximum Gasteiger partial charge on any atom is 0.269 e. The van der Waals surface area contributed by atoms with Crippen LogP contribution in [0.1, 0.15) is 17.3 Å². The summed E-state index contributed by atoms with van der Waals surface area (Å²) in [4.78, 5) is 21.4. The average molecular weight is 260 g/mol. The van der Waals surface area contributed by atoms with Crippen molar-refractivity contribution in [3.8, 4) is 0 Å². The van der Waals surface area contributed by atoms with Gasteiger partial charge in [-0.1, -0.05) is 0 Å². The molecule has 0 fully saturated rings. The number of halogens is 1. The number of nitrogens with one attached hydrogen (secondary N) is 1. The summed E-state index contributed by atoms with van der Waals surface area (Å²) in [6.45, 7) is 2.13. The van der Waals surface area contributed by atoms with Gasteiger partial charge < -0.3 is 11.1 Å². The van der Waals surface area contributed by atoms with Crippen LogP contribution >= 0.6 is 12.4 Å². The fourth-order valence-electron chi connectivity index (χ4n) is 1.10. The van der Waals surface area contributed by atoms with Gasteiger partial charge in [-0.3, -0.25) is 14.9 Å². The van der Waals surface area contributed by atoms with Gasteiger partial charge in [0.1, 0.15) is 0 Å². The number of nitro groups is 1. The van der Waals surface area contributed by atoms with E-state index in [2.05, 4.69) is 5.32 Å². The number of carbonyl (C=O) groups excluding carboxylic acids is 1. The number of rotatable bonds is 4. The molecule has 6 nitrogen and oxygen atoms in total. The van der Waals surface area contributed by atoms with E-state index in [4.69, 9.17) is 5.73 Å². The van der Waals surface area contributed by atoms with Crippen LogP contribution in [0.25, 0.3) is 0 Å². The SMILES string of the molecule is C[C@H](CN)NC(=O)c1ccc([N+](=O)[O-])cc1.Cl. The van der Waals surface area contributed by atoms with Crippen LogP contribution < -0.4 is 11.1 Å². The molecule has 7 heteroatoms. The second kappa shape index (κ2) is 6.82. The Balaban J connectivity index is 0.00000256. The first kappa shape index (κ1) is 15.3. The zero-order valence-corrected chi connectivity index (χ0v) is 10.1. The lowest BCUT2D eigenvalue weighted by atomic mass is 10.2. The summed E-state index contributed by atoms with van der Waals surface area (Å²) in [6.07, 6.45) is 0.